The Balaban J connectivity index is 3.72. The number of rotatable bonds is 1. The maximum atomic E-state index is 13.2. The molecule has 0 N–H and O–H groups in total. The van der Waals surface area contributed by atoms with Gasteiger partial charge in [-0.2, -0.15) is 0 Å². The van der Waals surface area contributed by atoms with Crippen molar-refractivity contribution in [1.82, 2.24) is 0 Å². The van der Waals surface area contributed by atoms with E-state index in [0.717, 1.165) is 0 Å². The molecule has 0 aliphatic rings. The van der Waals surface area contributed by atoms with Crippen LogP contribution in [-0.4, -0.2) is 0 Å². The van der Waals surface area contributed by atoms with Gasteiger partial charge in [-0.3, -0.25) is 0 Å². The van der Waals surface area contributed by atoms with Crippen LogP contribution in [0.5, 0.6) is 0 Å². The zero-order valence-corrected chi connectivity index (χ0v) is 5.13. The maximum Gasteiger partial charge on any atom is 0.195 e. The van der Waals surface area contributed by atoms with Gasteiger partial charge in [-0.1, -0.05) is 12.6 Å². The maximum absolute atomic E-state index is 13.2. The van der Waals surface area contributed by atoms with Crippen molar-refractivity contribution in [3.8, 4) is 0 Å². The number of benzene rings is 1. The lowest BCUT2D eigenvalue weighted by molar-refractivity contribution is 0.446. The van der Waals surface area contributed by atoms with Crippen molar-refractivity contribution in [3.05, 3.63) is 41.6 Å². The molecule has 0 amide bonds. The molecule has 0 bridgehead atoms. The molecule has 0 spiro atoms. The Kier molecular flexibility index (Phi) is 0.867. The molecule has 0 atom stereocenters. The van der Waals surface area contributed by atoms with E-state index >= 15 is 0 Å². The molecule has 0 aromatic heterocycles. The molecule has 1 rings (SSSR count). The smallest absolute Gasteiger partial charge is 0.195 e. The SMILES string of the molecule is [2H]C([2H])=C([2H])c1c([2H])c([2H])c(F)c(F)c1F. The first-order valence-corrected chi connectivity index (χ1v) is 2.57. The third kappa shape index (κ3) is 1.27. The van der Waals surface area contributed by atoms with Crippen LogP contribution >= 0.6 is 0 Å². The van der Waals surface area contributed by atoms with Crippen molar-refractivity contribution in [2.45, 2.75) is 0 Å². The van der Waals surface area contributed by atoms with Gasteiger partial charge in [0.15, 0.2) is 17.5 Å². The van der Waals surface area contributed by atoms with Gasteiger partial charge in [-0.25, -0.2) is 13.2 Å². The van der Waals surface area contributed by atoms with E-state index in [2.05, 4.69) is 0 Å². The standard InChI is InChI=1S/C8H5F3/c1-2-5-3-4-6(9)8(11)7(5)10/h2-4H,1H2/i1D2,2D,3D,4D. The van der Waals surface area contributed by atoms with Crippen LogP contribution in [0.4, 0.5) is 13.2 Å². The lowest BCUT2D eigenvalue weighted by Gasteiger charge is -1.97. The fourth-order valence-electron chi connectivity index (χ4n) is 0.519. The van der Waals surface area contributed by atoms with E-state index in [1.165, 1.54) is 0 Å². The predicted molar refractivity (Wildman–Crippen MR) is 36.4 cm³/mol. The van der Waals surface area contributed by atoms with E-state index in [0.29, 0.717) is 0 Å². The molecule has 1 aromatic carbocycles. The molecular weight excluding hydrogens is 153 g/mol. The van der Waals surface area contributed by atoms with Crippen molar-refractivity contribution >= 4 is 6.05 Å². The second-order valence-electron chi connectivity index (χ2n) is 1.69. The highest BCUT2D eigenvalue weighted by atomic mass is 19.2. The van der Waals surface area contributed by atoms with E-state index in [1.807, 2.05) is 0 Å². The minimum atomic E-state index is -1.98. The molecule has 3 heteroatoms. The Bertz CT molecular complexity index is 450. The van der Waals surface area contributed by atoms with Crippen LogP contribution in [0.15, 0.2) is 18.6 Å². The summed E-state index contributed by atoms with van der Waals surface area (Å²) >= 11 is 0. The van der Waals surface area contributed by atoms with Crippen LogP contribution < -0.4 is 0 Å². The molecule has 11 heavy (non-hydrogen) atoms. The van der Waals surface area contributed by atoms with Gasteiger partial charge in [-0.05, 0) is 12.1 Å². The summed E-state index contributed by atoms with van der Waals surface area (Å²) in [4.78, 5) is 0. The van der Waals surface area contributed by atoms with E-state index in [1.54, 1.807) is 0 Å². The van der Waals surface area contributed by atoms with Gasteiger partial charge in [0.1, 0.15) is 0 Å². The molecule has 0 saturated heterocycles. The minimum absolute atomic E-state index is 1.05. The molecule has 0 radical (unpaired) electrons. The molecule has 0 aliphatic carbocycles. The average Bonchev–Trinajstić information content (AvgIpc) is 2.23. The molecule has 1 aromatic rings. The Labute approximate surface area is 69.0 Å². The zero-order chi connectivity index (χ0) is 12.6. The van der Waals surface area contributed by atoms with Crippen molar-refractivity contribution in [3.63, 3.8) is 0 Å². The van der Waals surface area contributed by atoms with Gasteiger partial charge in [0.2, 0.25) is 0 Å². The van der Waals surface area contributed by atoms with E-state index < -0.39 is 47.7 Å². The first-order valence-electron chi connectivity index (χ1n) is 5.07. The number of hydrogen-bond acceptors (Lipinski definition) is 0. The van der Waals surface area contributed by atoms with Crippen LogP contribution in [-0.2, 0) is 0 Å². The summed E-state index contributed by atoms with van der Waals surface area (Å²) in [6.07, 6.45) is 0. The molecule has 58 valence electrons. The topological polar surface area (TPSA) is 0 Å². The first-order chi connectivity index (χ1) is 7.29. The molecular formula is C8H5F3. The second-order valence-corrected chi connectivity index (χ2v) is 1.69. The van der Waals surface area contributed by atoms with Crippen LogP contribution in [0.1, 0.15) is 12.4 Å². The average molecular weight is 163 g/mol. The van der Waals surface area contributed by atoms with Crippen LogP contribution in [0.3, 0.4) is 0 Å². The quantitative estimate of drug-likeness (QED) is 0.558. The predicted octanol–water partition coefficient (Wildman–Crippen LogP) is 2.75. The minimum Gasteiger partial charge on any atom is -0.204 e. The van der Waals surface area contributed by atoms with E-state index in [4.69, 9.17) is 6.85 Å². The monoisotopic (exact) mass is 163 g/mol. The van der Waals surface area contributed by atoms with Gasteiger partial charge in [0.05, 0.1) is 6.85 Å². The Morgan fingerprint density at radius 2 is 2.18 bits per heavy atom. The summed E-state index contributed by atoms with van der Waals surface area (Å²) < 4.78 is 73.5. The molecule has 0 aliphatic heterocycles. The van der Waals surface area contributed by atoms with Gasteiger partial charge in [0.25, 0.3) is 0 Å². The highest BCUT2D eigenvalue weighted by Gasteiger charge is 2.10. The zero-order valence-electron chi connectivity index (χ0n) is 10.1. The third-order valence-electron chi connectivity index (χ3n) is 1.03. The fraction of sp³-hybridized carbons (Fsp3) is 0. The molecule has 0 heterocycles. The van der Waals surface area contributed by atoms with Crippen LogP contribution in [0.25, 0.3) is 6.05 Å². The van der Waals surface area contributed by atoms with Crippen molar-refractivity contribution in [2.24, 2.45) is 0 Å². The molecule has 0 saturated carbocycles. The van der Waals surface area contributed by atoms with Crippen molar-refractivity contribution < 1.29 is 20.0 Å². The molecule has 0 fully saturated rings. The van der Waals surface area contributed by atoms with Gasteiger partial charge in [-0.15, -0.1) is 0 Å². The van der Waals surface area contributed by atoms with Crippen LogP contribution in [0.2, 0.25) is 0 Å². The molecule has 0 nitrogen and oxygen atoms in total. The normalized spacial score (nSPS) is 15.7. The summed E-state index contributed by atoms with van der Waals surface area (Å²) in [5, 5.41) is 0. The lowest BCUT2D eigenvalue weighted by atomic mass is 10.2. The Morgan fingerprint density at radius 3 is 2.82 bits per heavy atom. The van der Waals surface area contributed by atoms with Crippen LogP contribution in [0, 0.1) is 17.5 Å². The first kappa shape index (κ1) is 3.43. The fourth-order valence-corrected chi connectivity index (χ4v) is 0.519. The van der Waals surface area contributed by atoms with Gasteiger partial charge in [0, 0.05) is 5.56 Å². The number of hydrogen-bond donors (Lipinski definition) is 0. The summed E-state index contributed by atoms with van der Waals surface area (Å²) in [5.41, 5.74) is -1.05. The number of halogens is 3. The molecule has 0 unspecified atom stereocenters. The Morgan fingerprint density at radius 1 is 1.45 bits per heavy atom. The second kappa shape index (κ2) is 2.78. The summed E-state index contributed by atoms with van der Waals surface area (Å²) in [7, 11) is 0. The van der Waals surface area contributed by atoms with E-state index in [9.17, 15) is 13.2 Å². The highest BCUT2D eigenvalue weighted by molar-refractivity contribution is 5.47. The largest absolute Gasteiger partial charge is 0.204 e. The summed E-state index contributed by atoms with van der Waals surface area (Å²) in [5.74, 6) is -5.64. The summed E-state index contributed by atoms with van der Waals surface area (Å²) in [6.45, 7) is -1.15. The lowest BCUT2D eigenvalue weighted by Crippen LogP contribution is -1.92. The van der Waals surface area contributed by atoms with Gasteiger partial charge < -0.3 is 0 Å². The van der Waals surface area contributed by atoms with E-state index in [-0.39, 0.29) is 0 Å². The highest BCUT2D eigenvalue weighted by Crippen LogP contribution is 2.15. The van der Waals surface area contributed by atoms with Gasteiger partial charge >= 0.3 is 0 Å². The third-order valence-corrected chi connectivity index (χ3v) is 1.03. The Hall–Kier alpha value is -1.25. The van der Waals surface area contributed by atoms with Crippen molar-refractivity contribution in [1.29, 1.82) is 0 Å². The van der Waals surface area contributed by atoms with Crippen molar-refractivity contribution in [2.75, 3.05) is 0 Å². The summed E-state index contributed by atoms with van der Waals surface area (Å²) in [6, 6.07) is -3.34.